The monoisotopic (exact) mass is 315 g/mol. The fourth-order valence-corrected chi connectivity index (χ4v) is 3.64. The largest absolute Gasteiger partial charge is 0.478 e. The van der Waals surface area contributed by atoms with Gasteiger partial charge in [-0.3, -0.25) is 0 Å². The van der Waals surface area contributed by atoms with E-state index in [0.29, 0.717) is 11.1 Å². The van der Waals surface area contributed by atoms with Gasteiger partial charge in [-0.25, -0.2) is 13.2 Å². The van der Waals surface area contributed by atoms with Crippen LogP contribution in [0.4, 0.5) is 0 Å². The fraction of sp³-hybridized carbons (Fsp3) is 0.125. The first-order valence-corrected chi connectivity index (χ1v) is 8.24. The number of carboxylic acids is 1. The van der Waals surface area contributed by atoms with Gasteiger partial charge in [0.2, 0.25) is 0 Å². The number of benzene rings is 2. The Morgan fingerprint density at radius 2 is 1.82 bits per heavy atom. The second kappa shape index (κ2) is 6.41. The maximum Gasteiger partial charge on any atom is 0.335 e. The van der Waals surface area contributed by atoms with E-state index < -0.39 is 15.8 Å². The molecule has 0 spiro atoms. The summed E-state index contributed by atoms with van der Waals surface area (Å²) in [5, 5.41) is 17.9. The van der Waals surface area contributed by atoms with Crippen LogP contribution in [-0.2, 0) is 21.3 Å². The van der Waals surface area contributed by atoms with Crippen molar-refractivity contribution in [3.8, 4) is 6.07 Å². The predicted octanol–water partition coefficient (Wildman–Crippen LogP) is 2.37. The van der Waals surface area contributed by atoms with Gasteiger partial charge in [0.05, 0.1) is 28.7 Å². The first kappa shape index (κ1) is 15.7. The van der Waals surface area contributed by atoms with Crippen molar-refractivity contribution in [1.29, 1.82) is 5.26 Å². The third kappa shape index (κ3) is 3.93. The van der Waals surface area contributed by atoms with Gasteiger partial charge in [0, 0.05) is 0 Å². The zero-order valence-electron chi connectivity index (χ0n) is 11.6. The van der Waals surface area contributed by atoms with E-state index in [0.717, 1.165) is 0 Å². The lowest BCUT2D eigenvalue weighted by Crippen LogP contribution is -2.11. The summed E-state index contributed by atoms with van der Waals surface area (Å²) in [4.78, 5) is 11.1. The van der Waals surface area contributed by atoms with Crippen molar-refractivity contribution in [2.75, 3.05) is 0 Å². The highest BCUT2D eigenvalue weighted by molar-refractivity contribution is 7.89. The zero-order chi connectivity index (χ0) is 16.2. The molecule has 0 atom stereocenters. The molecule has 0 bridgehead atoms. The Bertz CT molecular complexity index is 850. The second-order valence-corrected chi connectivity index (χ2v) is 6.87. The van der Waals surface area contributed by atoms with Gasteiger partial charge in [0.1, 0.15) is 0 Å². The quantitative estimate of drug-likeness (QED) is 0.914. The molecule has 22 heavy (non-hydrogen) atoms. The van der Waals surface area contributed by atoms with Gasteiger partial charge in [-0.15, -0.1) is 0 Å². The lowest BCUT2D eigenvalue weighted by Gasteiger charge is -2.08. The van der Waals surface area contributed by atoms with Gasteiger partial charge >= 0.3 is 5.97 Å². The molecule has 0 aliphatic carbocycles. The lowest BCUT2D eigenvalue weighted by atomic mass is 10.1. The molecule has 0 amide bonds. The van der Waals surface area contributed by atoms with E-state index in [4.69, 9.17) is 10.4 Å². The van der Waals surface area contributed by atoms with E-state index in [1.54, 1.807) is 30.3 Å². The van der Waals surface area contributed by atoms with E-state index in [1.807, 2.05) is 6.07 Å². The van der Waals surface area contributed by atoms with Crippen LogP contribution < -0.4 is 0 Å². The van der Waals surface area contributed by atoms with Gasteiger partial charge < -0.3 is 5.11 Å². The number of rotatable bonds is 5. The Labute approximate surface area is 128 Å². The van der Waals surface area contributed by atoms with Crippen LogP contribution in [0.1, 0.15) is 27.0 Å². The molecule has 2 aromatic rings. The number of hydrogen-bond acceptors (Lipinski definition) is 4. The second-order valence-electron chi connectivity index (χ2n) is 4.81. The third-order valence-corrected chi connectivity index (χ3v) is 4.59. The summed E-state index contributed by atoms with van der Waals surface area (Å²) in [5.41, 5.74) is 1.13. The van der Waals surface area contributed by atoms with Crippen molar-refractivity contribution in [1.82, 2.24) is 0 Å². The maximum absolute atomic E-state index is 12.3. The molecule has 0 saturated heterocycles. The maximum atomic E-state index is 12.3. The number of hydrogen-bond donors (Lipinski definition) is 1. The first-order chi connectivity index (χ1) is 10.4. The molecule has 0 radical (unpaired) electrons. The van der Waals surface area contributed by atoms with Crippen molar-refractivity contribution >= 4 is 15.8 Å². The summed E-state index contributed by atoms with van der Waals surface area (Å²) < 4.78 is 24.5. The Balaban J connectivity index is 2.25. The standard InChI is InChI=1S/C16H13NO4S/c17-9-12-4-3-5-13(8-12)10-22(20,21)11-14-6-1-2-7-15(14)16(18)19/h1-8H,10-11H2,(H,18,19). The van der Waals surface area contributed by atoms with E-state index in [9.17, 15) is 13.2 Å². The molecular formula is C16H13NO4S. The van der Waals surface area contributed by atoms with Crippen LogP contribution in [0.15, 0.2) is 48.5 Å². The van der Waals surface area contributed by atoms with Gasteiger partial charge in [0.15, 0.2) is 9.84 Å². The molecule has 0 heterocycles. The van der Waals surface area contributed by atoms with E-state index in [1.165, 1.54) is 18.2 Å². The summed E-state index contributed by atoms with van der Waals surface area (Å²) >= 11 is 0. The van der Waals surface area contributed by atoms with Crippen LogP contribution in [0.5, 0.6) is 0 Å². The fourth-order valence-electron chi connectivity index (χ4n) is 2.13. The van der Waals surface area contributed by atoms with E-state index in [2.05, 4.69) is 0 Å². The third-order valence-electron chi connectivity index (χ3n) is 3.07. The Morgan fingerprint density at radius 3 is 2.50 bits per heavy atom. The minimum Gasteiger partial charge on any atom is -0.478 e. The van der Waals surface area contributed by atoms with Crippen LogP contribution in [0.2, 0.25) is 0 Å². The normalized spacial score (nSPS) is 10.9. The highest BCUT2D eigenvalue weighted by atomic mass is 32.2. The van der Waals surface area contributed by atoms with Crippen molar-refractivity contribution in [2.45, 2.75) is 11.5 Å². The summed E-state index contributed by atoms with van der Waals surface area (Å²) in [6.45, 7) is 0. The molecule has 2 aromatic carbocycles. The minimum atomic E-state index is -3.54. The molecule has 0 saturated carbocycles. The zero-order valence-corrected chi connectivity index (χ0v) is 12.4. The molecule has 6 heteroatoms. The molecule has 112 valence electrons. The first-order valence-electron chi connectivity index (χ1n) is 6.42. The number of nitriles is 1. The molecule has 0 aliphatic heterocycles. The van der Waals surface area contributed by atoms with Crippen molar-refractivity contribution in [3.05, 3.63) is 70.8 Å². The van der Waals surface area contributed by atoms with Gasteiger partial charge in [-0.05, 0) is 29.3 Å². The molecule has 0 aromatic heterocycles. The Kier molecular flexibility index (Phi) is 4.59. The smallest absolute Gasteiger partial charge is 0.335 e. The summed E-state index contributed by atoms with van der Waals surface area (Å²) in [6, 6.07) is 14.3. The molecule has 0 aliphatic rings. The summed E-state index contributed by atoms with van der Waals surface area (Å²) in [6.07, 6.45) is 0. The Hall–Kier alpha value is -2.65. The average Bonchev–Trinajstić information content (AvgIpc) is 2.46. The predicted molar refractivity (Wildman–Crippen MR) is 80.9 cm³/mol. The number of nitrogens with zero attached hydrogens (tertiary/aromatic N) is 1. The van der Waals surface area contributed by atoms with Crippen molar-refractivity contribution in [2.24, 2.45) is 0 Å². The van der Waals surface area contributed by atoms with E-state index >= 15 is 0 Å². The molecule has 0 fully saturated rings. The summed E-state index contributed by atoms with van der Waals surface area (Å²) in [7, 11) is -3.54. The van der Waals surface area contributed by atoms with E-state index in [-0.39, 0.29) is 22.6 Å². The lowest BCUT2D eigenvalue weighted by molar-refractivity contribution is 0.0696. The minimum absolute atomic E-state index is 0.0168. The number of sulfone groups is 1. The topological polar surface area (TPSA) is 95.2 Å². The highest BCUT2D eigenvalue weighted by Crippen LogP contribution is 2.17. The van der Waals surface area contributed by atoms with Crippen molar-refractivity contribution in [3.63, 3.8) is 0 Å². The number of carboxylic acid groups (broad SMARTS) is 1. The molecule has 0 unspecified atom stereocenters. The highest BCUT2D eigenvalue weighted by Gasteiger charge is 2.18. The average molecular weight is 315 g/mol. The Morgan fingerprint density at radius 1 is 1.09 bits per heavy atom. The van der Waals surface area contributed by atoms with Crippen molar-refractivity contribution < 1.29 is 18.3 Å². The summed E-state index contributed by atoms with van der Waals surface area (Å²) in [5.74, 6) is -1.75. The number of carbonyl (C=O) groups is 1. The van der Waals surface area contributed by atoms with Crippen LogP contribution in [0.25, 0.3) is 0 Å². The van der Waals surface area contributed by atoms with Gasteiger partial charge in [-0.1, -0.05) is 30.3 Å². The molecule has 5 nitrogen and oxygen atoms in total. The van der Waals surface area contributed by atoms with Crippen LogP contribution in [0, 0.1) is 11.3 Å². The van der Waals surface area contributed by atoms with Crippen LogP contribution in [0.3, 0.4) is 0 Å². The number of aromatic carboxylic acids is 1. The van der Waals surface area contributed by atoms with Crippen LogP contribution in [-0.4, -0.2) is 19.5 Å². The molecule has 1 N–H and O–H groups in total. The SMILES string of the molecule is N#Cc1cccc(CS(=O)(=O)Cc2ccccc2C(=O)O)c1. The van der Waals surface area contributed by atoms with Gasteiger partial charge in [-0.2, -0.15) is 5.26 Å². The van der Waals surface area contributed by atoms with Gasteiger partial charge in [0.25, 0.3) is 0 Å². The molecule has 2 rings (SSSR count). The van der Waals surface area contributed by atoms with Crippen LogP contribution >= 0.6 is 0 Å². The molecular weight excluding hydrogens is 302 g/mol.